The maximum atomic E-state index is 8.82. The van der Waals surface area contributed by atoms with Gasteiger partial charge in [0.25, 0.3) is 0 Å². The van der Waals surface area contributed by atoms with Crippen LogP contribution in [0.25, 0.3) is 0 Å². The zero-order chi connectivity index (χ0) is 8.55. The highest BCUT2D eigenvalue weighted by Crippen LogP contribution is 2.23. The van der Waals surface area contributed by atoms with Crippen LogP contribution in [0.4, 0.5) is 0 Å². The molecule has 1 aliphatic rings. The molecule has 12 heavy (non-hydrogen) atoms. The summed E-state index contributed by atoms with van der Waals surface area (Å²) in [5.74, 6) is 0. The van der Waals surface area contributed by atoms with Crippen LogP contribution in [0.5, 0.6) is 0 Å². The van der Waals surface area contributed by atoms with Gasteiger partial charge in [-0.25, -0.2) is 0 Å². The van der Waals surface area contributed by atoms with Gasteiger partial charge in [-0.15, -0.1) is 0 Å². The Labute approximate surface area is 72.0 Å². The number of nitriles is 1. The van der Waals surface area contributed by atoms with Crippen molar-refractivity contribution in [3.63, 3.8) is 0 Å². The third-order valence-electron chi connectivity index (χ3n) is 2.26. The van der Waals surface area contributed by atoms with E-state index in [2.05, 4.69) is 24.1 Å². The lowest BCUT2D eigenvalue weighted by Gasteiger charge is -2.03. The molecule has 0 amide bonds. The molecule has 0 saturated heterocycles. The highest BCUT2D eigenvalue weighted by Gasteiger charge is 2.17. The van der Waals surface area contributed by atoms with Gasteiger partial charge in [-0.1, -0.05) is 12.1 Å². The molecule has 0 bridgehead atoms. The van der Waals surface area contributed by atoms with E-state index in [1.54, 1.807) is 0 Å². The molecule has 0 spiro atoms. The van der Waals surface area contributed by atoms with Crippen LogP contribution >= 0.6 is 0 Å². The van der Waals surface area contributed by atoms with Gasteiger partial charge >= 0.3 is 0 Å². The van der Waals surface area contributed by atoms with Crippen molar-refractivity contribution < 1.29 is 0 Å². The summed E-state index contributed by atoms with van der Waals surface area (Å²) < 4.78 is 0. The summed E-state index contributed by atoms with van der Waals surface area (Å²) in [6.45, 7) is 1.89. The standard InChI is InChI=1S/C10H10N2/c1-12-6-9-4-2-3-8(5-11)10(9)7-12/h2-4H,6-7H2,1H3. The van der Waals surface area contributed by atoms with E-state index in [0.29, 0.717) is 0 Å². The van der Waals surface area contributed by atoms with Crippen LogP contribution in [0.1, 0.15) is 16.7 Å². The summed E-state index contributed by atoms with van der Waals surface area (Å²) >= 11 is 0. The lowest BCUT2D eigenvalue weighted by Crippen LogP contribution is -2.07. The van der Waals surface area contributed by atoms with Crippen LogP contribution in [-0.4, -0.2) is 11.9 Å². The average molecular weight is 158 g/mol. The average Bonchev–Trinajstić information content (AvgIpc) is 2.44. The third-order valence-corrected chi connectivity index (χ3v) is 2.26. The Morgan fingerprint density at radius 3 is 3.00 bits per heavy atom. The van der Waals surface area contributed by atoms with E-state index in [-0.39, 0.29) is 0 Å². The Bertz CT molecular complexity index is 349. The largest absolute Gasteiger partial charge is 0.298 e. The van der Waals surface area contributed by atoms with E-state index in [1.807, 2.05) is 12.1 Å². The molecular weight excluding hydrogens is 148 g/mol. The second-order valence-corrected chi connectivity index (χ2v) is 3.23. The Balaban J connectivity index is 2.53. The maximum Gasteiger partial charge on any atom is 0.0995 e. The third kappa shape index (κ3) is 0.992. The Morgan fingerprint density at radius 1 is 1.42 bits per heavy atom. The van der Waals surface area contributed by atoms with Crippen molar-refractivity contribution in [3.05, 3.63) is 34.9 Å². The predicted octanol–water partition coefficient (Wildman–Crippen LogP) is 1.50. The van der Waals surface area contributed by atoms with Crippen LogP contribution in [0.15, 0.2) is 18.2 Å². The van der Waals surface area contributed by atoms with E-state index in [1.165, 1.54) is 11.1 Å². The van der Waals surface area contributed by atoms with E-state index in [4.69, 9.17) is 5.26 Å². The summed E-state index contributed by atoms with van der Waals surface area (Å²) in [5, 5.41) is 8.82. The van der Waals surface area contributed by atoms with Crippen LogP contribution in [0.2, 0.25) is 0 Å². The molecule has 1 aromatic rings. The van der Waals surface area contributed by atoms with Crippen molar-refractivity contribution in [2.24, 2.45) is 0 Å². The quantitative estimate of drug-likeness (QED) is 0.572. The van der Waals surface area contributed by atoms with Crippen molar-refractivity contribution in [2.75, 3.05) is 7.05 Å². The summed E-state index contributed by atoms with van der Waals surface area (Å²) in [4.78, 5) is 2.21. The maximum absolute atomic E-state index is 8.82. The summed E-state index contributed by atoms with van der Waals surface area (Å²) in [5.41, 5.74) is 3.34. The van der Waals surface area contributed by atoms with Gasteiger partial charge in [0.15, 0.2) is 0 Å². The highest BCUT2D eigenvalue weighted by molar-refractivity contribution is 5.44. The van der Waals surface area contributed by atoms with Gasteiger partial charge in [-0.2, -0.15) is 5.26 Å². The normalized spacial score (nSPS) is 15.7. The number of nitrogens with zero attached hydrogens (tertiary/aromatic N) is 2. The summed E-state index contributed by atoms with van der Waals surface area (Å²) in [7, 11) is 2.07. The first-order valence-corrected chi connectivity index (χ1v) is 4.00. The first kappa shape index (κ1) is 7.33. The lowest BCUT2D eigenvalue weighted by molar-refractivity contribution is 0.353. The SMILES string of the molecule is CN1Cc2cccc(C#N)c2C1. The number of benzene rings is 1. The number of hydrogen-bond donors (Lipinski definition) is 0. The van der Waals surface area contributed by atoms with Gasteiger partial charge in [0.2, 0.25) is 0 Å². The fourth-order valence-corrected chi connectivity index (χ4v) is 1.69. The van der Waals surface area contributed by atoms with Crippen LogP contribution < -0.4 is 0 Å². The zero-order valence-corrected chi connectivity index (χ0v) is 7.04. The topological polar surface area (TPSA) is 27.0 Å². The van der Waals surface area contributed by atoms with Gasteiger partial charge < -0.3 is 0 Å². The molecule has 0 N–H and O–H groups in total. The number of hydrogen-bond acceptors (Lipinski definition) is 2. The van der Waals surface area contributed by atoms with E-state index in [9.17, 15) is 0 Å². The molecule has 0 atom stereocenters. The number of fused-ring (bicyclic) bond motifs is 1. The van der Waals surface area contributed by atoms with Gasteiger partial charge in [0, 0.05) is 13.1 Å². The molecule has 1 aromatic carbocycles. The van der Waals surface area contributed by atoms with E-state index >= 15 is 0 Å². The molecule has 0 aromatic heterocycles. The van der Waals surface area contributed by atoms with Crippen molar-refractivity contribution in [1.29, 1.82) is 5.26 Å². The zero-order valence-electron chi connectivity index (χ0n) is 7.04. The van der Waals surface area contributed by atoms with Gasteiger partial charge in [0.05, 0.1) is 11.6 Å². The van der Waals surface area contributed by atoms with Crippen LogP contribution in [0.3, 0.4) is 0 Å². The Hall–Kier alpha value is -1.33. The first-order chi connectivity index (χ1) is 5.81. The summed E-state index contributed by atoms with van der Waals surface area (Å²) in [6.07, 6.45) is 0. The second-order valence-electron chi connectivity index (χ2n) is 3.23. The molecule has 0 radical (unpaired) electrons. The molecule has 1 heterocycles. The molecule has 2 heteroatoms. The minimum absolute atomic E-state index is 0.830. The predicted molar refractivity (Wildman–Crippen MR) is 46.3 cm³/mol. The van der Waals surface area contributed by atoms with Crippen LogP contribution in [0, 0.1) is 11.3 Å². The summed E-state index contributed by atoms with van der Waals surface area (Å²) in [6, 6.07) is 8.16. The van der Waals surface area contributed by atoms with Gasteiger partial charge in [-0.3, -0.25) is 4.90 Å². The fourth-order valence-electron chi connectivity index (χ4n) is 1.69. The van der Waals surface area contributed by atoms with E-state index < -0.39 is 0 Å². The van der Waals surface area contributed by atoms with Crippen molar-refractivity contribution in [3.8, 4) is 6.07 Å². The molecule has 0 fully saturated rings. The minimum atomic E-state index is 0.830. The van der Waals surface area contributed by atoms with E-state index in [0.717, 1.165) is 18.7 Å². The van der Waals surface area contributed by atoms with Crippen molar-refractivity contribution >= 4 is 0 Å². The molecule has 1 aliphatic heterocycles. The molecule has 60 valence electrons. The molecule has 0 saturated carbocycles. The van der Waals surface area contributed by atoms with Gasteiger partial charge in [0.1, 0.15) is 0 Å². The molecule has 0 unspecified atom stereocenters. The van der Waals surface area contributed by atoms with Crippen molar-refractivity contribution in [2.45, 2.75) is 13.1 Å². The smallest absolute Gasteiger partial charge is 0.0995 e. The Kier molecular flexibility index (Phi) is 1.60. The molecule has 2 rings (SSSR count). The molecular formula is C10H10N2. The lowest BCUT2D eigenvalue weighted by atomic mass is 10.1. The molecule has 2 nitrogen and oxygen atoms in total. The van der Waals surface area contributed by atoms with Crippen molar-refractivity contribution in [1.82, 2.24) is 4.90 Å². The monoisotopic (exact) mass is 158 g/mol. The minimum Gasteiger partial charge on any atom is -0.298 e. The van der Waals surface area contributed by atoms with Gasteiger partial charge in [-0.05, 0) is 24.2 Å². The Morgan fingerprint density at radius 2 is 2.25 bits per heavy atom. The van der Waals surface area contributed by atoms with Crippen LogP contribution in [-0.2, 0) is 13.1 Å². The first-order valence-electron chi connectivity index (χ1n) is 4.00. The second kappa shape index (κ2) is 2.62. The number of rotatable bonds is 0. The molecule has 0 aliphatic carbocycles. The highest BCUT2D eigenvalue weighted by atomic mass is 15.1. The fraction of sp³-hybridized carbons (Fsp3) is 0.300.